The zero-order chi connectivity index (χ0) is 19.9. The van der Waals surface area contributed by atoms with Crippen LogP contribution in [0.5, 0.6) is 5.75 Å². The lowest BCUT2D eigenvalue weighted by atomic mass is 10.1. The first kappa shape index (κ1) is 19.8. The smallest absolute Gasteiger partial charge is 0.270 e. The number of nitro benzene ring substituents is 1. The van der Waals surface area contributed by atoms with Gasteiger partial charge in [-0.25, -0.2) is 0 Å². The van der Waals surface area contributed by atoms with Gasteiger partial charge in [-0.05, 0) is 17.2 Å². The summed E-state index contributed by atoms with van der Waals surface area (Å²) < 4.78 is 10.5. The summed E-state index contributed by atoms with van der Waals surface area (Å²) in [4.78, 5) is 25.2. The molecule has 1 aliphatic heterocycles. The maximum atomic E-state index is 12.5. The highest BCUT2D eigenvalue weighted by atomic mass is 16.6. The molecular formula is C20H23N3O5. The molecule has 0 spiro atoms. The lowest BCUT2D eigenvalue weighted by Crippen LogP contribution is -2.35. The topological polar surface area (TPSA) is 93.9 Å². The average molecular weight is 385 g/mol. The van der Waals surface area contributed by atoms with Crippen LogP contribution in [-0.2, 0) is 17.8 Å². The van der Waals surface area contributed by atoms with Crippen LogP contribution in [0, 0.1) is 10.1 Å². The van der Waals surface area contributed by atoms with E-state index in [1.807, 2.05) is 24.3 Å². The first-order chi connectivity index (χ1) is 13.6. The second-order valence-corrected chi connectivity index (χ2v) is 6.53. The lowest BCUT2D eigenvalue weighted by molar-refractivity contribution is -0.384. The van der Waals surface area contributed by atoms with Crippen LogP contribution in [0.15, 0.2) is 42.5 Å². The Balaban J connectivity index is 1.60. The molecular weight excluding hydrogens is 362 g/mol. The quantitative estimate of drug-likeness (QED) is 0.581. The van der Waals surface area contributed by atoms with Crippen molar-refractivity contribution in [3.63, 3.8) is 0 Å². The summed E-state index contributed by atoms with van der Waals surface area (Å²) in [5.74, 6) is -0.123. The van der Waals surface area contributed by atoms with Gasteiger partial charge in [0.25, 0.3) is 11.6 Å². The van der Waals surface area contributed by atoms with E-state index in [1.165, 1.54) is 30.9 Å². The number of rotatable bonds is 7. The largest absolute Gasteiger partial charge is 0.496 e. The number of non-ortho nitro benzene ring substituents is 1. The van der Waals surface area contributed by atoms with Crippen LogP contribution in [0.1, 0.15) is 21.5 Å². The van der Waals surface area contributed by atoms with E-state index in [-0.39, 0.29) is 11.3 Å². The van der Waals surface area contributed by atoms with Crippen LogP contribution in [0.4, 0.5) is 5.69 Å². The molecule has 2 aromatic rings. The van der Waals surface area contributed by atoms with E-state index in [0.717, 1.165) is 38.4 Å². The Bertz CT molecular complexity index is 832. The molecule has 1 saturated heterocycles. The number of hydrogen-bond acceptors (Lipinski definition) is 6. The summed E-state index contributed by atoms with van der Waals surface area (Å²) >= 11 is 0. The van der Waals surface area contributed by atoms with Crippen molar-refractivity contribution in [2.45, 2.75) is 13.1 Å². The number of methoxy groups -OCH3 is 1. The summed E-state index contributed by atoms with van der Waals surface area (Å²) in [6.07, 6.45) is 0. The van der Waals surface area contributed by atoms with Gasteiger partial charge in [-0.1, -0.05) is 24.3 Å². The van der Waals surface area contributed by atoms with Crippen LogP contribution in [-0.4, -0.2) is 49.1 Å². The molecule has 1 heterocycles. The normalized spacial score (nSPS) is 14.5. The molecule has 8 nitrogen and oxygen atoms in total. The molecule has 148 valence electrons. The number of nitro groups is 1. The molecule has 0 bridgehead atoms. The monoisotopic (exact) mass is 385 g/mol. The average Bonchev–Trinajstić information content (AvgIpc) is 2.73. The number of nitrogens with zero attached hydrogens (tertiary/aromatic N) is 2. The molecule has 0 aliphatic carbocycles. The van der Waals surface area contributed by atoms with Gasteiger partial charge in [-0.3, -0.25) is 19.8 Å². The van der Waals surface area contributed by atoms with Crippen molar-refractivity contribution in [1.29, 1.82) is 0 Å². The molecule has 28 heavy (non-hydrogen) atoms. The molecule has 3 rings (SSSR count). The first-order valence-electron chi connectivity index (χ1n) is 9.05. The zero-order valence-electron chi connectivity index (χ0n) is 15.7. The molecule has 1 N–H and O–H groups in total. The van der Waals surface area contributed by atoms with E-state index >= 15 is 0 Å². The number of nitrogens with one attached hydrogen (secondary N) is 1. The minimum atomic E-state index is -0.538. The van der Waals surface area contributed by atoms with Crippen molar-refractivity contribution in [3.8, 4) is 5.75 Å². The fraction of sp³-hybridized carbons (Fsp3) is 0.350. The third kappa shape index (κ3) is 5.05. The van der Waals surface area contributed by atoms with Crippen LogP contribution in [0.3, 0.4) is 0 Å². The Morgan fingerprint density at radius 2 is 1.86 bits per heavy atom. The van der Waals surface area contributed by atoms with Gasteiger partial charge in [0.05, 0.1) is 30.8 Å². The number of carbonyl (C=O) groups excluding carboxylic acids is 1. The van der Waals surface area contributed by atoms with E-state index in [2.05, 4.69) is 10.2 Å². The van der Waals surface area contributed by atoms with E-state index < -0.39 is 10.8 Å². The number of amides is 1. The number of hydrogen-bond donors (Lipinski definition) is 1. The van der Waals surface area contributed by atoms with E-state index in [9.17, 15) is 14.9 Å². The predicted molar refractivity (Wildman–Crippen MR) is 103 cm³/mol. The van der Waals surface area contributed by atoms with Gasteiger partial charge < -0.3 is 14.8 Å². The standard InChI is InChI=1S/C20H23N3O5/c1-27-19-7-6-17(23(25)26)12-18(19)20(24)21-13-15-2-4-16(5-3-15)14-22-8-10-28-11-9-22/h2-7,12H,8-11,13-14H2,1H3,(H,21,24). The molecule has 0 unspecified atom stereocenters. The predicted octanol–water partition coefficient (Wildman–Crippen LogP) is 2.37. The Hall–Kier alpha value is -2.97. The Morgan fingerprint density at radius 1 is 1.18 bits per heavy atom. The van der Waals surface area contributed by atoms with Crippen LogP contribution in [0.25, 0.3) is 0 Å². The molecule has 1 fully saturated rings. The third-order valence-electron chi connectivity index (χ3n) is 4.62. The first-order valence-corrected chi connectivity index (χ1v) is 9.05. The van der Waals surface area contributed by atoms with Gasteiger partial charge in [0.2, 0.25) is 0 Å². The van der Waals surface area contributed by atoms with Gasteiger partial charge >= 0.3 is 0 Å². The molecule has 0 atom stereocenters. The Labute approximate surface area is 163 Å². The SMILES string of the molecule is COc1ccc([N+](=O)[O-])cc1C(=O)NCc1ccc(CN2CCOCC2)cc1. The minimum Gasteiger partial charge on any atom is -0.496 e. The van der Waals surface area contributed by atoms with Crippen molar-refractivity contribution >= 4 is 11.6 Å². The summed E-state index contributed by atoms with van der Waals surface area (Å²) in [6.45, 7) is 4.60. The second kappa shape index (κ2) is 9.29. The highest BCUT2D eigenvalue weighted by Crippen LogP contribution is 2.24. The Kier molecular flexibility index (Phi) is 6.57. The van der Waals surface area contributed by atoms with E-state index in [4.69, 9.17) is 9.47 Å². The molecule has 0 saturated carbocycles. The van der Waals surface area contributed by atoms with Gasteiger partial charge in [0, 0.05) is 38.3 Å². The van der Waals surface area contributed by atoms with Gasteiger partial charge in [-0.2, -0.15) is 0 Å². The van der Waals surface area contributed by atoms with Crippen LogP contribution >= 0.6 is 0 Å². The molecule has 0 radical (unpaired) electrons. The van der Waals surface area contributed by atoms with Crippen molar-refractivity contribution < 1.29 is 19.2 Å². The summed E-state index contributed by atoms with van der Waals surface area (Å²) in [5.41, 5.74) is 2.14. The van der Waals surface area contributed by atoms with Crippen LogP contribution in [0.2, 0.25) is 0 Å². The number of morpholine rings is 1. The zero-order valence-corrected chi connectivity index (χ0v) is 15.7. The molecule has 1 aliphatic rings. The lowest BCUT2D eigenvalue weighted by Gasteiger charge is -2.26. The van der Waals surface area contributed by atoms with Gasteiger partial charge in [0.15, 0.2) is 0 Å². The van der Waals surface area contributed by atoms with Crippen molar-refractivity contribution in [2.75, 3.05) is 33.4 Å². The fourth-order valence-corrected chi connectivity index (χ4v) is 3.04. The van der Waals surface area contributed by atoms with Crippen molar-refractivity contribution in [1.82, 2.24) is 10.2 Å². The maximum Gasteiger partial charge on any atom is 0.270 e. The van der Waals surface area contributed by atoms with Gasteiger partial charge in [0.1, 0.15) is 5.75 Å². The molecule has 0 aromatic heterocycles. The second-order valence-electron chi connectivity index (χ2n) is 6.53. The highest BCUT2D eigenvalue weighted by molar-refractivity contribution is 5.97. The summed E-state index contributed by atoms with van der Waals surface area (Å²) in [5, 5.41) is 13.7. The van der Waals surface area contributed by atoms with Gasteiger partial charge in [-0.15, -0.1) is 0 Å². The van der Waals surface area contributed by atoms with Crippen molar-refractivity contribution in [3.05, 3.63) is 69.3 Å². The minimum absolute atomic E-state index is 0.139. The molecule has 1 amide bonds. The fourth-order valence-electron chi connectivity index (χ4n) is 3.04. The highest BCUT2D eigenvalue weighted by Gasteiger charge is 2.17. The van der Waals surface area contributed by atoms with E-state index in [1.54, 1.807) is 0 Å². The molecule has 8 heteroatoms. The van der Waals surface area contributed by atoms with E-state index in [0.29, 0.717) is 12.3 Å². The maximum absolute atomic E-state index is 12.5. The third-order valence-corrected chi connectivity index (χ3v) is 4.62. The van der Waals surface area contributed by atoms with Crippen molar-refractivity contribution in [2.24, 2.45) is 0 Å². The summed E-state index contributed by atoms with van der Waals surface area (Å²) in [7, 11) is 1.42. The van der Waals surface area contributed by atoms with Crippen LogP contribution < -0.4 is 10.1 Å². The number of carbonyl (C=O) groups is 1. The summed E-state index contributed by atoms with van der Waals surface area (Å²) in [6, 6.07) is 12.0. The molecule has 2 aromatic carbocycles. The Morgan fingerprint density at radius 3 is 2.50 bits per heavy atom. The number of benzene rings is 2. The number of ether oxygens (including phenoxy) is 2.